The highest BCUT2D eigenvalue weighted by atomic mass is 19.1. The molecule has 1 atom stereocenters. The average Bonchev–Trinajstić information content (AvgIpc) is 3.49. The van der Waals surface area contributed by atoms with Crippen molar-refractivity contribution in [1.82, 2.24) is 24.9 Å². The Hall–Kier alpha value is -3.08. The van der Waals surface area contributed by atoms with Gasteiger partial charge < -0.3 is 15.0 Å². The molecule has 2 aromatic heterocycles. The largest absolute Gasteiger partial charge is 0.381 e. The quantitative estimate of drug-likeness (QED) is 0.540. The Morgan fingerprint density at radius 1 is 1.22 bits per heavy atom. The van der Waals surface area contributed by atoms with Crippen LogP contribution in [0.15, 0.2) is 11.8 Å². The van der Waals surface area contributed by atoms with Gasteiger partial charge in [-0.2, -0.15) is 19.6 Å². The maximum Gasteiger partial charge on any atom is 0.254 e. The number of imide groups is 1. The number of hydrogen-bond donors (Lipinski definition) is 2. The highest BCUT2D eigenvalue weighted by molar-refractivity contribution is 6.15. The van der Waals surface area contributed by atoms with Crippen LogP contribution in [0.3, 0.4) is 0 Å². The van der Waals surface area contributed by atoms with E-state index in [0.29, 0.717) is 54.9 Å². The molecule has 3 aliphatic heterocycles. The molecule has 5 rings (SSSR count). The van der Waals surface area contributed by atoms with Crippen molar-refractivity contribution in [3.63, 3.8) is 0 Å². The average molecular weight is 445 g/mol. The summed E-state index contributed by atoms with van der Waals surface area (Å²) in [6, 6.07) is 0.185. The predicted octanol–water partition coefficient (Wildman–Crippen LogP) is 1.72. The Morgan fingerprint density at radius 3 is 2.66 bits per heavy atom. The highest BCUT2D eigenvalue weighted by Gasteiger charge is 2.28. The first-order chi connectivity index (χ1) is 15.6. The van der Waals surface area contributed by atoms with Gasteiger partial charge >= 0.3 is 0 Å². The van der Waals surface area contributed by atoms with E-state index in [1.165, 1.54) is 0 Å². The summed E-state index contributed by atoms with van der Waals surface area (Å²) in [5.41, 5.74) is 1.46. The van der Waals surface area contributed by atoms with E-state index in [0.717, 1.165) is 12.8 Å². The van der Waals surface area contributed by atoms with E-state index in [9.17, 15) is 14.0 Å². The van der Waals surface area contributed by atoms with E-state index in [-0.39, 0.29) is 24.9 Å². The second-order valence-electron chi connectivity index (χ2n) is 7.77. The molecule has 11 heteroatoms. The fourth-order valence-corrected chi connectivity index (χ4v) is 3.98. The Bertz CT molecular complexity index is 1030. The van der Waals surface area contributed by atoms with Crippen molar-refractivity contribution < 1.29 is 18.7 Å². The highest BCUT2D eigenvalue weighted by Crippen LogP contribution is 2.26. The number of fused-ring (bicyclic) bond motifs is 1. The number of aromatic nitrogens is 4. The fourth-order valence-electron chi connectivity index (χ4n) is 3.98. The zero-order valence-electron chi connectivity index (χ0n) is 18.3. The lowest BCUT2D eigenvalue weighted by molar-refractivity contribution is -0.124. The van der Waals surface area contributed by atoms with Crippen molar-refractivity contribution in [2.75, 3.05) is 36.5 Å². The van der Waals surface area contributed by atoms with Gasteiger partial charge in [0.05, 0.1) is 19.2 Å². The molecular weight excluding hydrogens is 417 g/mol. The molecule has 0 unspecified atom stereocenters. The summed E-state index contributed by atoms with van der Waals surface area (Å²) in [6.45, 7) is 6.14. The Kier molecular flexibility index (Phi) is 6.63. The third-order valence-corrected chi connectivity index (χ3v) is 5.57. The standard InChI is InChI=1S/C19H22FN7O3.C2H6/c20-13-1-4-26(10-13)19-25-18(22-14-2-5-30-6-3-14)24-16-12(9-21-27(16)19)7-11-8-15(28)23-17(11)29;1-2/h7,9,13-14H,1-6,8,10H2,(H,22,24)(H,23,28,29);1-2H3/b11-7+;/t13-;/m1./s1. The number of alkyl halides is 1. The molecular formula is C21H28FN7O3. The molecule has 172 valence electrons. The predicted molar refractivity (Wildman–Crippen MR) is 117 cm³/mol. The summed E-state index contributed by atoms with van der Waals surface area (Å²) >= 11 is 0. The van der Waals surface area contributed by atoms with Gasteiger partial charge in [-0.05, 0) is 25.3 Å². The third kappa shape index (κ3) is 4.57. The molecule has 0 aromatic carbocycles. The maximum absolute atomic E-state index is 13.9. The van der Waals surface area contributed by atoms with E-state index in [1.807, 2.05) is 18.7 Å². The lowest BCUT2D eigenvalue weighted by Gasteiger charge is -2.24. The van der Waals surface area contributed by atoms with E-state index in [2.05, 4.69) is 25.7 Å². The van der Waals surface area contributed by atoms with E-state index < -0.39 is 12.1 Å². The molecule has 2 aromatic rings. The van der Waals surface area contributed by atoms with Gasteiger partial charge in [-0.3, -0.25) is 14.9 Å². The maximum atomic E-state index is 13.9. The molecule has 5 heterocycles. The fraction of sp³-hybridized carbons (Fsp3) is 0.571. The number of anilines is 2. The van der Waals surface area contributed by atoms with Crippen LogP contribution in [0.25, 0.3) is 11.7 Å². The number of nitrogens with one attached hydrogen (secondary N) is 2. The molecule has 0 saturated carbocycles. The van der Waals surface area contributed by atoms with Gasteiger partial charge in [0.25, 0.3) is 5.91 Å². The second-order valence-corrected chi connectivity index (χ2v) is 7.77. The smallest absolute Gasteiger partial charge is 0.254 e. The molecule has 3 aliphatic rings. The van der Waals surface area contributed by atoms with Crippen LogP contribution in [0, 0.1) is 0 Å². The lowest BCUT2D eigenvalue weighted by Crippen LogP contribution is -2.30. The number of ether oxygens (including phenoxy) is 1. The Balaban J connectivity index is 0.00000119. The zero-order valence-corrected chi connectivity index (χ0v) is 18.3. The number of hydrogen-bond acceptors (Lipinski definition) is 8. The lowest BCUT2D eigenvalue weighted by atomic mass is 10.1. The molecule has 2 N–H and O–H groups in total. The summed E-state index contributed by atoms with van der Waals surface area (Å²) in [4.78, 5) is 34.6. The first kappa shape index (κ1) is 22.1. The SMILES string of the molecule is CC.O=C1C/C(=C\c2cnn3c(N4CC[C@@H](F)C4)nc(NC4CCOCC4)nc23)C(=O)N1. The van der Waals surface area contributed by atoms with Crippen molar-refractivity contribution in [2.24, 2.45) is 0 Å². The third-order valence-electron chi connectivity index (χ3n) is 5.57. The summed E-state index contributed by atoms with van der Waals surface area (Å²) in [7, 11) is 0. The van der Waals surface area contributed by atoms with Crippen LogP contribution in [-0.2, 0) is 14.3 Å². The van der Waals surface area contributed by atoms with Gasteiger partial charge in [0.15, 0.2) is 5.65 Å². The van der Waals surface area contributed by atoms with Crippen molar-refractivity contribution in [3.8, 4) is 0 Å². The molecule has 0 radical (unpaired) electrons. The first-order valence-corrected chi connectivity index (χ1v) is 11.1. The second kappa shape index (κ2) is 9.60. The molecule has 32 heavy (non-hydrogen) atoms. The van der Waals surface area contributed by atoms with Crippen LogP contribution in [0.2, 0.25) is 0 Å². The van der Waals surface area contributed by atoms with Crippen LogP contribution >= 0.6 is 0 Å². The number of carbonyl (C=O) groups excluding carboxylic acids is 2. The van der Waals surface area contributed by atoms with Crippen LogP contribution < -0.4 is 15.5 Å². The van der Waals surface area contributed by atoms with Gasteiger partial charge in [0.1, 0.15) is 6.17 Å². The summed E-state index contributed by atoms with van der Waals surface area (Å²) < 4.78 is 20.8. The van der Waals surface area contributed by atoms with E-state index in [1.54, 1.807) is 16.8 Å². The number of halogens is 1. The number of rotatable bonds is 4. The van der Waals surface area contributed by atoms with Gasteiger partial charge in [-0.25, -0.2) is 4.39 Å². The first-order valence-electron chi connectivity index (χ1n) is 11.1. The summed E-state index contributed by atoms with van der Waals surface area (Å²) in [5, 5.41) is 10.0. The van der Waals surface area contributed by atoms with E-state index >= 15 is 0 Å². The topological polar surface area (TPSA) is 114 Å². The number of nitrogens with zero attached hydrogens (tertiary/aromatic N) is 5. The summed E-state index contributed by atoms with van der Waals surface area (Å²) in [6.07, 6.45) is 4.45. The van der Waals surface area contributed by atoms with Crippen LogP contribution in [0.1, 0.15) is 45.1 Å². The molecule has 0 spiro atoms. The van der Waals surface area contributed by atoms with Gasteiger partial charge in [-0.1, -0.05) is 13.8 Å². The molecule has 0 aliphatic carbocycles. The van der Waals surface area contributed by atoms with Gasteiger partial charge in [0, 0.05) is 36.9 Å². The number of carbonyl (C=O) groups is 2. The monoisotopic (exact) mass is 445 g/mol. The molecule has 2 amide bonds. The Labute approximate surface area is 185 Å². The molecule has 3 fully saturated rings. The number of amides is 2. The van der Waals surface area contributed by atoms with Crippen molar-refractivity contribution >= 4 is 35.4 Å². The Morgan fingerprint density at radius 2 is 2.00 bits per heavy atom. The van der Waals surface area contributed by atoms with Crippen molar-refractivity contribution in [3.05, 3.63) is 17.3 Å². The van der Waals surface area contributed by atoms with Gasteiger partial charge in [-0.15, -0.1) is 0 Å². The minimum absolute atomic E-state index is 0.0248. The minimum atomic E-state index is -0.910. The summed E-state index contributed by atoms with van der Waals surface area (Å²) in [5.74, 6) is 0.199. The van der Waals surface area contributed by atoms with Crippen LogP contribution in [-0.4, -0.2) is 69.9 Å². The van der Waals surface area contributed by atoms with Crippen LogP contribution in [0.4, 0.5) is 16.3 Å². The van der Waals surface area contributed by atoms with E-state index in [4.69, 9.17) is 4.74 Å². The normalized spacial score (nSPS) is 22.9. The molecule has 3 saturated heterocycles. The zero-order chi connectivity index (χ0) is 22.7. The molecule has 0 bridgehead atoms. The van der Waals surface area contributed by atoms with Gasteiger partial charge in [0.2, 0.25) is 17.8 Å². The minimum Gasteiger partial charge on any atom is -0.381 e. The van der Waals surface area contributed by atoms with Crippen LogP contribution in [0.5, 0.6) is 0 Å². The molecule has 10 nitrogen and oxygen atoms in total. The van der Waals surface area contributed by atoms with Crippen molar-refractivity contribution in [2.45, 2.75) is 51.7 Å². The van der Waals surface area contributed by atoms with Crippen molar-refractivity contribution in [1.29, 1.82) is 0 Å².